The summed E-state index contributed by atoms with van der Waals surface area (Å²) in [4.78, 5) is 16.4. The first-order valence-corrected chi connectivity index (χ1v) is 7.15. The standard InChI is InChI=1S/C15H13ClN4O3/c1-18-10-17-14(20(21)22)15(18)19(9-13-3-2-8-23-13)12-6-4-11(16)5-7-12/h2-8,10H,9H2,1H3. The van der Waals surface area contributed by atoms with Crippen molar-refractivity contribution in [3.05, 3.63) is 69.9 Å². The van der Waals surface area contributed by atoms with Crippen LogP contribution in [0.15, 0.2) is 53.4 Å². The molecule has 0 amide bonds. The number of nitrogens with zero attached hydrogens (tertiary/aromatic N) is 4. The summed E-state index contributed by atoms with van der Waals surface area (Å²) >= 11 is 5.93. The van der Waals surface area contributed by atoms with Gasteiger partial charge in [-0.05, 0) is 46.3 Å². The maximum atomic E-state index is 11.3. The summed E-state index contributed by atoms with van der Waals surface area (Å²) in [6.45, 7) is 0.328. The Morgan fingerprint density at radius 2 is 2.09 bits per heavy atom. The van der Waals surface area contributed by atoms with Gasteiger partial charge in [0.25, 0.3) is 0 Å². The number of nitro groups is 1. The van der Waals surface area contributed by atoms with Gasteiger partial charge >= 0.3 is 5.82 Å². The van der Waals surface area contributed by atoms with Crippen LogP contribution in [0.2, 0.25) is 5.02 Å². The van der Waals surface area contributed by atoms with Crippen LogP contribution in [-0.4, -0.2) is 14.5 Å². The van der Waals surface area contributed by atoms with E-state index in [1.165, 1.54) is 6.33 Å². The summed E-state index contributed by atoms with van der Waals surface area (Å²) in [6, 6.07) is 10.6. The average Bonchev–Trinajstić information content (AvgIpc) is 3.15. The molecule has 0 bridgehead atoms. The van der Waals surface area contributed by atoms with Gasteiger partial charge in [-0.3, -0.25) is 4.57 Å². The lowest BCUT2D eigenvalue weighted by Crippen LogP contribution is -2.19. The number of anilines is 2. The second-order valence-electron chi connectivity index (χ2n) is 4.90. The third kappa shape index (κ3) is 3.04. The first-order chi connectivity index (χ1) is 11.1. The number of rotatable bonds is 5. The minimum atomic E-state index is -0.500. The minimum absolute atomic E-state index is 0.214. The van der Waals surface area contributed by atoms with Gasteiger partial charge in [-0.25, -0.2) is 0 Å². The predicted molar refractivity (Wildman–Crippen MR) is 85.9 cm³/mol. The minimum Gasteiger partial charge on any atom is -0.467 e. The molecule has 0 atom stereocenters. The maximum absolute atomic E-state index is 11.3. The molecule has 0 aliphatic carbocycles. The number of hydrogen-bond acceptors (Lipinski definition) is 5. The van der Waals surface area contributed by atoms with Crippen LogP contribution >= 0.6 is 11.6 Å². The number of aromatic nitrogens is 2. The number of furan rings is 1. The van der Waals surface area contributed by atoms with Gasteiger partial charge in [0.15, 0.2) is 0 Å². The van der Waals surface area contributed by atoms with E-state index in [1.807, 2.05) is 6.07 Å². The fraction of sp³-hybridized carbons (Fsp3) is 0.133. The fourth-order valence-corrected chi connectivity index (χ4v) is 2.45. The number of imidazole rings is 1. The van der Waals surface area contributed by atoms with Crippen molar-refractivity contribution in [2.45, 2.75) is 6.54 Å². The molecular formula is C15H13ClN4O3. The van der Waals surface area contributed by atoms with Crippen LogP contribution in [-0.2, 0) is 13.6 Å². The Morgan fingerprint density at radius 3 is 2.70 bits per heavy atom. The molecule has 0 saturated heterocycles. The Labute approximate surface area is 136 Å². The highest BCUT2D eigenvalue weighted by atomic mass is 35.5. The molecule has 0 unspecified atom stereocenters. The lowest BCUT2D eigenvalue weighted by molar-refractivity contribution is -0.388. The number of aryl methyl sites for hydroxylation is 1. The zero-order valence-electron chi connectivity index (χ0n) is 12.2. The summed E-state index contributed by atoms with van der Waals surface area (Å²) in [5, 5.41) is 11.9. The molecule has 23 heavy (non-hydrogen) atoms. The Balaban J connectivity index is 2.10. The Morgan fingerprint density at radius 1 is 1.35 bits per heavy atom. The van der Waals surface area contributed by atoms with E-state index < -0.39 is 4.92 Å². The summed E-state index contributed by atoms with van der Waals surface area (Å²) < 4.78 is 6.99. The summed E-state index contributed by atoms with van der Waals surface area (Å²) in [6.07, 6.45) is 2.98. The average molecular weight is 333 g/mol. The Bertz CT molecular complexity index is 812. The molecule has 2 heterocycles. The molecule has 118 valence electrons. The van der Waals surface area contributed by atoms with Gasteiger partial charge in [-0.2, -0.15) is 0 Å². The van der Waals surface area contributed by atoms with Gasteiger partial charge in [-0.15, -0.1) is 0 Å². The second-order valence-corrected chi connectivity index (χ2v) is 5.34. The summed E-state index contributed by atoms with van der Waals surface area (Å²) in [7, 11) is 1.71. The van der Waals surface area contributed by atoms with Crippen molar-refractivity contribution in [2.75, 3.05) is 4.90 Å². The molecule has 3 aromatic rings. The van der Waals surface area contributed by atoms with Crippen molar-refractivity contribution < 1.29 is 9.34 Å². The largest absolute Gasteiger partial charge is 0.467 e. The molecule has 7 nitrogen and oxygen atoms in total. The van der Waals surface area contributed by atoms with Crippen molar-refractivity contribution in [1.82, 2.24) is 9.55 Å². The SMILES string of the molecule is Cn1cnc([N+](=O)[O-])c1N(Cc1ccco1)c1ccc(Cl)cc1. The van der Waals surface area contributed by atoms with E-state index >= 15 is 0 Å². The van der Waals surface area contributed by atoms with Crippen molar-refractivity contribution in [1.29, 1.82) is 0 Å². The van der Waals surface area contributed by atoms with Gasteiger partial charge in [0, 0.05) is 17.8 Å². The van der Waals surface area contributed by atoms with Gasteiger partial charge in [0.2, 0.25) is 12.1 Å². The Kier molecular flexibility index (Phi) is 4.03. The second kappa shape index (κ2) is 6.13. The summed E-state index contributed by atoms with van der Waals surface area (Å²) in [5.74, 6) is 0.832. The molecule has 8 heteroatoms. The quantitative estimate of drug-likeness (QED) is 0.523. The number of benzene rings is 1. The van der Waals surface area contributed by atoms with Crippen LogP contribution in [0, 0.1) is 10.1 Å². The van der Waals surface area contributed by atoms with Crippen molar-refractivity contribution in [3.63, 3.8) is 0 Å². The number of hydrogen-bond donors (Lipinski definition) is 0. The van der Waals surface area contributed by atoms with Crippen LogP contribution in [0.25, 0.3) is 0 Å². The highest BCUT2D eigenvalue weighted by Gasteiger charge is 2.27. The normalized spacial score (nSPS) is 10.7. The molecule has 1 aromatic carbocycles. The molecule has 0 aliphatic heterocycles. The molecule has 0 fully saturated rings. The van der Waals surface area contributed by atoms with Crippen LogP contribution in [0.3, 0.4) is 0 Å². The molecule has 0 saturated carbocycles. The van der Waals surface area contributed by atoms with E-state index in [2.05, 4.69) is 4.98 Å². The van der Waals surface area contributed by atoms with Crippen LogP contribution in [0.4, 0.5) is 17.3 Å². The lowest BCUT2D eigenvalue weighted by atomic mass is 10.2. The smallest absolute Gasteiger partial charge is 0.406 e. The van der Waals surface area contributed by atoms with E-state index in [0.717, 1.165) is 5.69 Å². The van der Waals surface area contributed by atoms with Crippen LogP contribution in [0.1, 0.15) is 5.76 Å². The molecular weight excluding hydrogens is 320 g/mol. The molecule has 0 N–H and O–H groups in total. The van der Waals surface area contributed by atoms with Gasteiger partial charge in [0.1, 0.15) is 5.76 Å². The van der Waals surface area contributed by atoms with E-state index in [0.29, 0.717) is 23.1 Å². The molecule has 2 aromatic heterocycles. The predicted octanol–water partition coefficient (Wildman–Crippen LogP) is 3.91. The monoisotopic (exact) mass is 332 g/mol. The zero-order chi connectivity index (χ0) is 16.4. The molecule has 0 aliphatic rings. The van der Waals surface area contributed by atoms with Gasteiger partial charge in [-0.1, -0.05) is 11.6 Å². The number of halogens is 1. The highest BCUT2D eigenvalue weighted by Crippen LogP contribution is 2.34. The first-order valence-electron chi connectivity index (χ1n) is 6.77. The topological polar surface area (TPSA) is 77.3 Å². The van der Waals surface area contributed by atoms with Crippen molar-refractivity contribution in [2.24, 2.45) is 7.05 Å². The van der Waals surface area contributed by atoms with E-state index in [9.17, 15) is 10.1 Å². The molecule has 0 spiro atoms. The fourth-order valence-electron chi connectivity index (χ4n) is 2.32. The van der Waals surface area contributed by atoms with Gasteiger partial charge < -0.3 is 19.4 Å². The maximum Gasteiger partial charge on any atom is 0.406 e. The summed E-state index contributed by atoms with van der Waals surface area (Å²) in [5.41, 5.74) is 0.748. The van der Waals surface area contributed by atoms with Crippen LogP contribution in [0.5, 0.6) is 0 Å². The molecule has 3 rings (SSSR count). The van der Waals surface area contributed by atoms with E-state index in [-0.39, 0.29) is 5.82 Å². The lowest BCUT2D eigenvalue weighted by Gasteiger charge is -2.23. The van der Waals surface area contributed by atoms with Crippen LogP contribution < -0.4 is 4.90 Å². The first kappa shape index (κ1) is 15.1. The Hall–Kier alpha value is -2.80. The van der Waals surface area contributed by atoms with Crippen molar-refractivity contribution >= 4 is 28.9 Å². The van der Waals surface area contributed by atoms with Crippen molar-refractivity contribution in [3.8, 4) is 0 Å². The van der Waals surface area contributed by atoms with E-state index in [4.69, 9.17) is 16.0 Å². The zero-order valence-corrected chi connectivity index (χ0v) is 13.0. The molecule has 0 radical (unpaired) electrons. The third-order valence-corrected chi connectivity index (χ3v) is 3.60. The van der Waals surface area contributed by atoms with E-state index in [1.54, 1.807) is 53.1 Å². The third-order valence-electron chi connectivity index (χ3n) is 3.35. The highest BCUT2D eigenvalue weighted by molar-refractivity contribution is 6.30. The van der Waals surface area contributed by atoms with Gasteiger partial charge in [0.05, 0.1) is 12.8 Å².